The zero-order chi connectivity index (χ0) is 22.8. The summed E-state index contributed by atoms with van der Waals surface area (Å²) in [5.41, 5.74) is 6.60. The molecule has 1 aromatic carbocycles. The Labute approximate surface area is 182 Å². The Bertz CT molecular complexity index is 1010. The molecule has 1 fully saturated rings. The number of ether oxygens (including phenoxy) is 3. The molecule has 0 bridgehead atoms. The second-order valence-corrected chi connectivity index (χ2v) is 7.41. The molecule has 2 amide bonds. The Morgan fingerprint density at radius 2 is 2.25 bits per heavy atom. The molecule has 2 aliphatic heterocycles. The van der Waals surface area contributed by atoms with E-state index in [-0.39, 0.29) is 25.6 Å². The predicted octanol–water partition coefficient (Wildman–Crippen LogP) is 0.852. The average Bonchev–Trinajstić information content (AvgIpc) is 3.09. The van der Waals surface area contributed by atoms with Crippen LogP contribution in [0.1, 0.15) is 0 Å². The normalized spacial score (nSPS) is 19.1. The van der Waals surface area contributed by atoms with Crippen molar-refractivity contribution in [2.45, 2.75) is 25.1 Å². The number of carbonyl (C=O) groups excluding carboxylic acids is 2. The SMILES string of the molecule is COC[C@H](Nc1ccc2c(c1)OCCn1cc(N3C(=O)COC[C@H]3C(F)F)nc1-2)C(N)=O. The maximum atomic E-state index is 13.5. The molecule has 0 radical (unpaired) electrons. The number of halogens is 2. The minimum Gasteiger partial charge on any atom is -0.491 e. The lowest BCUT2D eigenvalue weighted by Gasteiger charge is -2.33. The van der Waals surface area contributed by atoms with Crippen molar-refractivity contribution in [3.63, 3.8) is 0 Å². The van der Waals surface area contributed by atoms with Gasteiger partial charge in [0.05, 0.1) is 25.3 Å². The molecule has 2 aliphatic rings. The smallest absolute Gasteiger partial charge is 0.261 e. The van der Waals surface area contributed by atoms with Crippen LogP contribution in [0.2, 0.25) is 0 Å². The van der Waals surface area contributed by atoms with Gasteiger partial charge >= 0.3 is 0 Å². The number of amides is 2. The number of nitrogens with two attached hydrogens (primary N) is 1. The third kappa shape index (κ3) is 4.23. The van der Waals surface area contributed by atoms with Gasteiger partial charge in [0.1, 0.15) is 36.9 Å². The lowest BCUT2D eigenvalue weighted by atomic mass is 10.1. The molecule has 2 aromatic rings. The molecule has 1 aromatic heterocycles. The first-order valence-electron chi connectivity index (χ1n) is 9.96. The Hall–Kier alpha value is -3.25. The number of rotatable bonds is 7. The van der Waals surface area contributed by atoms with Gasteiger partial charge in [-0.3, -0.25) is 14.5 Å². The summed E-state index contributed by atoms with van der Waals surface area (Å²) in [6.45, 7) is 0.266. The Balaban J connectivity index is 1.66. The molecule has 0 spiro atoms. The summed E-state index contributed by atoms with van der Waals surface area (Å²) in [6.07, 6.45) is -1.20. The number of nitrogens with zero attached hydrogens (tertiary/aromatic N) is 3. The van der Waals surface area contributed by atoms with E-state index in [1.54, 1.807) is 29.0 Å². The van der Waals surface area contributed by atoms with Gasteiger partial charge in [0.15, 0.2) is 5.82 Å². The number of methoxy groups -OCH3 is 1. The third-order valence-electron chi connectivity index (χ3n) is 5.25. The van der Waals surface area contributed by atoms with E-state index < -0.39 is 30.3 Å². The van der Waals surface area contributed by atoms with Crippen LogP contribution in [0.4, 0.5) is 20.3 Å². The molecule has 3 heterocycles. The van der Waals surface area contributed by atoms with Crippen LogP contribution >= 0.6 is 0 Å². The molecule has 2 atom stereocenters. The second kappa shape index (κ2) is 9.09. The molecular weight excluding hydrogens is 428 g/mol. The summed E-state index contributed by atoms with van der Waals surface area (Å²) in [4.78, 5) is 29.4. The Morgan fingerprint density at radius 3 is 2.97 bits per heavy atom. The molecule has 4 rings (SSSR count). The van der Waals surface area contributed by atoms with Crippen molar-refractivity contribution in [1.29, 1.82) is 0 Å². The fourth-order valence-corrected chi connectivity index (χ4v) is 3.72. The lowest BCUT2D eigenvalue weighted by Crippen LogP contribution is -2.53. The van der Waals surface area contributed by atoms with Crippen molar-refractivity contribution in [2.24, 2.45) is 5.73 Å². The summed E-state index contributed by atoms with van der Waals surface area (Å²) in [5.74, 6) is -0.0179. The quantitative estimate of drug-likeness (QED) is 0.640. The van der Waals surface area contributed by atoms with E-state index in [1.807, 2.05) is 0 Å². The van der Waals surface area contributed by atoms with Crippen LogP contribution in [0.5, 0.6) is 5.75 Å². The van der Waals surface area contributed by atoms with E-state index in [4.69, 9.17) is 19.9 Å². The van der Waals surface area contributed by atoms with E-state index in [0.29, 0.717) is 36.0 Å². The van der Waals surface area contributed by atoms with Crippen LogP contribution < -0.4 is 20.7 Å². The van der Waals surface area contributed by atoms with Gasteiger partial charge in [-0.05, 0) is 12.1 Å². The number of nitrogens with one attached hydrogen (secondary N) is 1. The molecule has 1 saturated heterocycles. The molecule has 12 heteroatoms. The highest BCUT2D eigenvalue weighted by Gasteiger charge is 2.38. The summed E-state index contributed by atoms with van der Waals surface area (Å²) < 4.78 is 44.6. The molecule has 172 valence electrons. The van der Waals surface area contributed by atoms with E-state index >= 15 is 0 Å². The zero-order valence-corrected chi connectivity index (χ0v) is 17.3. The van der Waals surface area contributed by atoms with Gasteiger partial charge < -0.3 is 29.8 Å². The summed E-state index contributed by atoms with van der Waals surface area (Å²) in [7, 11) is 1.47. The van der Waals surface area contributed by atoms with Gasteiger partial charge in [-0.1, -0.05) is 0 Å². The first-order valence-corrected chi connectivity index (χ1v) is 9.96. The molecule has 0 unspecified atom stereocenters. The molecule has 3 N–H and O–H groups in total. The number of aromatic nitrogens is 2. The molecule has 0 aliphatic carbocycles. The number of anilines is 2. The van der Waals surface area contributed by atoms with E-state index in [0.717, 1.165) is 4.90 Å². The van der Waals surface area contributed by atoms with Crippen molar-refractivity contribution in [3.05, 3.63) is 24.4 Å². The number of morpholine rings is 1. The highest BCUT2D eigenvalue weighted by Crippen LogP contribution is 2.36. The fourth-order valence-electron chi connectivity index (χ4n) is 3.72. The van der Waals surface area contributed by atoms with Crippen molar-refractivity contribution < 1.29 is 32.6 Å². The Kier molecular flexibility index (Phi) is 6.24. The second-order valence-electron chi connectivity index (χ2n) is 7.41. The third-order valence-corrected chi connectivity index (χ3v) is 5.25. The first-order chi connectivity index (χ1) is 15.4. The first kappa shape index (κ1) is 22.0. The maximum absolute atomic E-state index is 13.5. The fraction of sp³-hybridized carbons (Fsp3) is 0.450. The van der Waals surface area contributed by atoms with E-state index in [9.17, 15) is 18.4 Å². The molecule has 32 heavy (non-hydrogen) atoms. The van der Waals surface area contributed by atoms with Gasteiger partial charge in [0, 0.05) is 25.1 Å². The zero-order valence-electron chi connectivity index (χ0n) is 17.3. The van der Waals surface area contributed by atoms with Gasteiger partial charge in [0.25, 0.3) is 12.3 Å². The van der Waals surface area contributed by atoms with Crippen molar-refractivity contribution in [3.8, 4) is 17.1 Å². The van der Waals surface area contributed by atoms with Crippen molar-refractivity contribution in [1.82, 2.24) is 9.55 Å². The monoisotopic (exact) mass is 451 g/mol. The number of primary amides is 1. The highest BCUT2D eigenvalue weighted by molar-refractivity contribution is 5.95. The molecule has 0 saturated carbocycles. The number of carbonyl (C=O) groups is 2. The van der Waals surface area contributed by atoms with Crippen molar-refractivity contribution in [2.75, 3.05) is 43.8 Å². The van der Waals surface area contributed by atoms with Gasteiger partial charge in [-0.15, -0.1) is 0 Å². The van der Waals surface area contributed by atoms with Crippen LogP contribution in [-0.2, 0) is 25.6 Å². The van der Waals surface area contributed by atoms with E-state index in [2.05, 4.69) is 10.3 Å². The molecular formula is C20H23F2N5O5. The van der Waals surface area contributed by atoms with Crippen molar-refractivity contribution >= 4 is 23.3 Å². The lowest BCUT2D eigenvalue weighted by molar-refractivity contribution is -0.130. The minimum absolute atomic E-state index is 0.0971. The van der Waals surface area contributed by atoms with Crippen LogP contribution in [0, 0.1) is 0 Å². The summed E-state index contributed by atoms with van der Waals surface area (Å²) in [5, 5.41) is 3.00. The number of alkyl halides is 2. The van der Waals surface area contributed by atoms with Crippen LogP contribution in [0.25, 0.3) is 11.4 Å². The Morgan fingerprint density at radius 1 is 1.44 bits per heavy atom. The summed E-state index contributed by atoms with van der Waals surface area (Å²) in [6, 6.07) is 3.04. The predicted molar refractivity (Wildman–Crippen MR) is 110 cm³/mol. The van der Waals surface area contributed by atoms with Crippen LogP contribution in [0.15, 0.2) is 24.4 Å². The number of hydrogen-bond donors (Lipinski definition) is 2. The standard InChI is InChI=1S/C20H23F2N5O5/c1-30-8-13(19(23)29)24-11-2-3-12-15(6-11)32-5-4-26-7-16(25-20(12)26)27-14(18(21)22)9-31-10-17(27)28/h2-3,6-7,13-14,18,24H,4-5,8-10H2,1H3,(H2,23,29)/t13-,14-/m0/s1. The largest absolute Gasteiger partial charge is 0.491 e. The van der Waals surface area contributed by atoms with E-state index in [1.165, 1.54) is 7.11 Å². The highest BCUT2D eigenvalue weighted by atomic mass is 19.3. The number of imidazole rings is 1. The van der Waals surface area contributed by atoms with Gasteiger partial charge in [-0.2, -0.15) is 0 Å². The van der Waals surface area contributed by atoms with Gasteiger partial charge in [0.2, 0.25) is 5.91 Å². The minimum atomic E-state index is -2.77. The average molecular weight is 451 g/mol. The number of fused-ring (bicyclic) bond motifs is 3. The van der Waals surface area contributed by atoms with Crippen LogP contribution in [-0.4, -0.2) is 73.4 Å². The van der Waals surface area contributed by atoms with Crippen LogP contribution in [0.3, 0.4) is 0 Å². The molecule has 10 nitrogen and oxygen atoms in total. The van der Waals surface area contributed by atoms with Gasteiger partial charge in [-0.25, -0.2) is 13.8 Å². The number of benzene rings is 1. The topological polar surface area (TPSA) is 121 Å². The summed E-state index contributed by atoms with van der Waals surface area (Å²) >= 11 is 0. The maximum Gasteiger partial charge on any atom is 0.261 e. The number of hydrogen-bond acceptors (Lipinski definition) is 7.